The standard InChI is InChI=1S/C25H50N2O2/c1-4-6-7-8-9-10-11-12-13-14-15-16-17-21-25(29)27-22-19-18-20-23(26-3)24(28)5-2/h23,26H,4-22H2,1-3H3,(H,27,29). The van der Waals surface area contributed by atoms with E-state index in [1.54, 1.807) is 0 Å². The molecule has 1 unspecified atom stereocenters. The number of rotatable bonds is 22. The highest BCUT2D eigenvalue weighted by atomic mass is 16.1. The minimum absolute atomic E-state index is 0.0264. The summed E-state index contributed by atoms with van der Waals surface area (Å²) in [4.78, 5) is 23.6. The predicted molar refractivity (Wildman–Crippen MR) is 125 cm³/mol. The lowest BCUT2D eigenvalue weighted by Gasteiger charge is -2.13. The third-order valence-electron chi connectivity index (χ3n) is 5.83. The van der Waals surface area contributed by atoms with E-state index < -0.39 is 0 Å². The van der Waals surface area contributed by atoms with Gasteiger partial charge in [-0.05, 0) is 32.7 Å². The molecule has 0 aromatic heterocycles. The average Bonchev–Trinajstić information content (AvgIpc) is 2.73. The molecule has 0 radical (unpaired) electrons. The summed E-state index contributed by atoms with van der Waals surface area (Å²) in [6.07, 6.45) is 21.3. The lowest BCUT2D eigenvalue weighted by molar-refractivity contribution is -0.122. The summed E-state index contributed by atoms with van der Waals surface area (Å²) in [6, 6.07) is -0.0264. The van der Waals surface area contributed by atoms with Crippen LogP contribution in [0.2, 0.25) is 0 Å². The van der Waals surface area contributed by atoms with Crippen LogP contribution < -0.4 is 10.6 Å². The number of unbranched alkanes of at least 4 members (excludes halogenated alkanes) is 13. The highest BCUT2D eigenvalue weighted by molar-refractivity contribution is 5.83. The molecule has 0 rings (SSSR count). The van der Waals surface area contributed by atoms with E-state index in [1.165, 1.54) is 77.0 Å². The minimum atomic E-state index is -0.0264. The van der Waals surface area contributed by atoms with Gasteiger partial charge in [-0.1, -0.05) is 90.9 Å². The normalized spacial score (nSPS) is 12.1. The van der Waals surface area contributed by atoms with Crippen molar-refractivity contribution in [3.05, 3.63) is 0 Å². The van der Waals surface area contributed by atoms with Gasteiger partial charge in [0.25, 0.3) is 0 Å². The number of likely N-dealkylation sites (N-methyl/N-ethyl adjacent to an activating group) is 1. The monoisotopic (exact) mass is 410 g/mol. The first kappa shape index (κ1) is 28.1. The molecule has 4 heteroatoms. The molecule has 0 heterocycles. The van der Waals surface area contributed by atoms with Crippen LogP contribution in [0.25, 0.3) is 0 Å². The Kier molecular flexibility index (Phi) is 21.1. The van der Waals surface area contributed by atoms with Crippen LogP contribution in [0.1, 0.15) is 129 Å². The zero-order chi connectivity index (χ0) is 21.6. The molecule has 0 aliphatic carbocycles. The number of ketones is 1. The van der Waals surface area contributed by atoms with Crippen molar-refractivity contribution in [1.82, 2.24) is 10.6 Å². The summed E-state index contributed by atoms with van der Waals surface area (Å²) < 4.78 is 0. The van der Waals surface area contributed by atoms with Gasteiger partial charge >= 0.3 is 0 Å². The Morgan fingerprint density at radius 2 is 1.21 bits per heavy atom. The summed E-state index contributed by atoms with van der Waals surface area (Å²) >= 11 is 0. The first-order valence-electron chi connectivity index (χ1n) is 12.6. The van der Waals surface area contributed by atoms with E-state index in [0.29, 0.717) is 12.8 Å². The molecule has 172 valence electrons. The second kappa shape index (κ2) is 21.8. The molecule has 0 aliphatic heterocycles. The summed E-state index contributed by atoms with van der Waals surface area (Å²) in [6.45, 7) is 4.91. The second-order valence-corrected chi connectivity index (χ2v) is 8.50. The maximum absolute atomic E-state index is 11.9. The van der Waals surface area contributed by atoms with Crippen LogP contribution in [-0.4, -0.2) is 31.3 Å². The van der Waals surface area contributed by atoms with Crippen molar-refractivity contribution >= 4 is 11.7 Å². The van der Waals surface area contributed by atoms with Gasteiger partial charge < -0.3 is 10.6 Å². The van der Waals surface area contributed by atoms with Gasteiger partial charge in [0.15, 0.2) is 0 Å². The molecule has 1 atom stereocenters. The number of hydrogen-bond acceptors (Lipinski definition) is 3. The fourth-order valence-electron chi connectivity index (χ4n) is 3.81. The van der Waals surface area contributed by atoms with Crippen LogP contribution >= 0.6 is 0 Å². The van der Waals surface area contributed by atoms with E-state index >= 15 is 0 Å². The van der Waals surface area contributed by atoms with Crippen LogP contribution in [-0.2, 0) is 9.59 Å². The number of carbonyl (C=O) groups excluding carboxylic acids is 2. The number of carbonyl (C=O) groups is 2. The van der Waals surface area contributed by atoms with E-state index in [2.05, 4.69) is 17.6 Å². The highest BCUT2D eigenvalue weighted by Crippen LogP contribution is 2.13. The van der Waals surface area contributed by atoms with Crippen LogP contribution in [0.4, 0.5) is 0 Å². The van der Waals surface area contributed by atoms with Crippen LogP contribution in [0.3, 0.4) is 0 Å². The molecular weight excluding hydrogens is 360 g/mol. The maximum atomic E-state index is 11.9. The van der Waals surface area contributed by atoms with Crippen molar-refractivity contribution in [2.75, 3.05) is 13.6 Å². The van der Waals surface area contributed by atoms with E-state index in [-0.39, 0.29) is 17.7 Å². The first-order chi connectivity index (χ1) is 14.2. The summed E-state index contributed by atoms with van der Waals surface area (Å²) in [5, 5.41) is 6.10. The number of hydrogen-bond donors (Lipinski definition) is 2. The molecule has 0 aromatic rings. The zero-order valence-corrected chi connectivity index (χ0v) is 19.8. The SMILES string of the molecule is CCCCCCCCCCCCCCCC(=O)NCCCCC(NC)C(=O)CC. The van der Waals surface area contributed by atoms with Gasteiger partial charge in [-0.2, -0.15) is 0 Å². The molecule has 1 amide bonds. The van der Waals surface area contributed by atoms with Gasteiger partial charge in [-0.3, -0.25) is 9.59 Å². The largest absolute Gasteiger partial charge is 0.356 e. The quantitative estimate of drug-likeness (QED) is 0.205. The van der Waals surface area contributed by atoms with Crippen molar-refractivity contribution in [3.63, 3.8) is 0 Å². The first-order valence-corrected chi connectivity index (χ1v) is 12.6. The highest BCUT2D eigenvalue weighted by Gasteiger charge is 2.13. The fourth-order valence-corrected chi connectivity index (χ4v) is 3.81. The maximum Gasteiger partial charge on any atom is 0.219 e. The number of Topliss-reactive ketones (excluding diaryl/α,β-unsaturated/α-hetero) is 1. The van der Waals surface area contributed by atoms with Gasteiger partial charge in [0.1, 0.15) is 5.78 Å². The number of amides is 1. The lowest BCUT2D eigenvalue weighted by atomic mass is 10.0. The van der Waals surface area contributed by atoms with Crippen molar-refractivity contribution < 1.29 is 9.59 Å². The Labute approximate surface area is 181 Å². The van der Waals surface area contributed by atoms with Crippen molar-refractivity contribution in [2.45, 2.75) is 135 Å². The number of nitrogens with one attached hydrogen (secondary N) is 2. The van der Waals surface area contributed by atoms with Crippen LogP contribution in [0, 0.1) is 0 Å². The second-order valence-electron chi connectivity index (χ2n) is 8.50. The van der Waals surface area contributed by atoms with Crippen LogP contribution in [0.5, 0.6) is 0 Å². The molecule has 29 heavy (non-hydrogen) atoms. The molecular formula is C25H50N2O2. The summed E-state index contributed by atoms with van der Waals surface area (Å²) in [7, 11) is 1.84. The molecule has 0 saturated heterocycles. The molecule has 0 saturated carbocycles. The van der Waals surface area contributed by atoms with Gasteiger partial charge in [0.05, 0.1) is 6.04 Å². The fraction of sp³-hybridized carbons (Fsp3) is 0.920. The Morgan fingerprint density at radius 3 is 1.69 bits per heavy atom. The minimum Gasteiger partial charge on any atom is -0.356 e. The van der Waals surface area contributed by atoms with E-state index in [1.807, 2.05) is 14.0 Å². The molecule has 0 aliphatic rings. The summed E-state index contributed by atoms with van der Waals surface area (Å²) in [5.41, 5.74) is 0. The van der Waals surface area contributed by atoms with Gasteiger partial charge in [-0.15, -0.1) is 0 Å². The van der Waals surface area contributed by atoms with Gasteiger partial charge in [0, 0.05) is 19.4 Å². The molecule has 0 bridgehead atoms. The molecule has 0 spiro atoms. The van der Waals surface area contributed by atoms with Crippen LogP contribution in [0.15, 0.2) is 0 Å². The van der Waals surface area contributed by atoms with Gasteiger partial charge in [0.2, 0.25) is 5.91 Å². The molecule has 0 fully saturated rings. The topological polar surface area (TPSA) is 58.2 Å². The summed E-state index contributed by atoms with van der Waals surface area (Å²) in [5.74, 6) is 0.460. The van der Waals surface area contributed by atoms with Crippen molar-refractivity contribution in [1.29, 1.82) is 0 Å². The molecule has 4 nitrogen and oxygen atoms in total. The lowest BCUT2D eigenvalue weighted by Crippen LogP contribution is -2.33. The third kappa shape index (κ3) is 18.8. The van der Waals surface area contributed by atoms with Gasteiger partial charge in [-0.25, -0.2) is 0 Å². The predicted octanol–water partition coefficient (Wildman–Crippen LogP) is 6.32. The van der Waals surface area contributed by atoms with Crippen molar-refractivity contribution in [3.8, 4) is 0 Å². The smallest absolute Gasteiger partial charge is 0.219 e. The average molecular weight is 411 g/mol. The van der Waals surface area contributed by atoms with Crippen molar-refractivity contribution in [2.24, 2.45) is 0 Å². The third-order valence-corrected chi connectivity index (χ3v) is 5.83. The Hall–Kier alpha value is -0.900. The Balaban J connectivity index is 3.33. The zero-order valence-electron chi connectivity index (χ0n) is 19.8. The molecule has 2 N–H and O–H groups in total. The Morgan fingerprint density at radius 1 is 0.690 bits per heavy atom. The Bertz CT molecular complexity index is 385. The van der Waals surface area contributed by atoms with E-state index in [0.717, 1.165) is 32.2 Å². The molecule has 0 aromatic carbocycles. The van der Waals surface area contributed by atoms with E-state index in [4.69, 9.17) is 0 Å². The van der Waals surface area contributed by atoms with E-state index in [9.17, 15) is 9.59 Å².